The first-order valence-electron chi connectivity index (χ1n) is 7.51. The van der Waals surface area contributed by atoms with Gasteiger partial charge >= 0.3 is 0 Å². The monoisotopic (exact) mass is 328 g/mol. The summed E-state index contributed by atoms with van der Waals surface area (Å²) in [6.45, 7) is 0.783. The first-order chi connectivity index (χ1) is 10.9. The lowest BCUT2D eigenvalue weighted by Crippen LogP contribution is -2.49. The Balaban J connectivity index is 1.65. The molecular formula is C14H18F2N4O3. The molecule has 126 valence electrons. The molecule has 2 fully saturated rings. The first-order valence-corrected chi connectivity index (χ1v) is 7.51. The lowest BCUT2D eigenvalue weighted by molar-refractivity contribution is -0.0697. The lowest BCUT2D eigenvalue weighted by Gasteiger charge is -2.36. The highest BCUT2D eigenvalue weighted by Gasteiger charge is 2.42. The minimum absolute atomic E-state index is 0.0858. The Labute approximate surface area is 130 Å². The minimum atomic E-state index is -2.64. The number of alkyl halides is 2. The van der Waals surface area contributed by atoms with Crippen LogP contribution in [0.5, 0.6) is 0 Å². The van der Waals surface area contributed by atoms with Crippen LogP contribution in [0.3, 0.4) is 0 Å². The van der Waals surface area contributed by atoms with Crippen molar-refractivity contribution in [1.82, 2.24) is 20.0 Å². The second-order valence-electron chi connectivity index (χ2n) is 6.04. The number of β-amino-alcohol motifs (C(OH)–C–C–N with tert-alkyl or cyclic N) is 1. The van der Waals surface area contributed by atoms with Gasteiger partial charge in [0.1, 0.15) is 5.69 Å². The number of aromatic nitrogens is 2. The van der Waals surface area contributed by atoms with Crippen LogP contribution in [-0.2, 0) is 0 Å². The van der Waals surface area contributed by atoms with Gasteiger partial charge in [0, 0.05) is 45.1 Å². The fourth-order valence-electron chi connectivity index (χ4n) is 3.10. The molecule has 23 heavy (non-hydrogen) atoms. The van der Waals surface area contributed by atoms with E-state index in [1.54, 1.807) is 0 Å². The molecule has 1 aromatic heterocycles. The minimum Gasteiger partial charge on any atom is -0.390 e. The number of hydrogen-bond acceptors (Lipinski definition) is 5. The van der Waals surface area contributed by atoms with Crippen molar-refractivity contribution in [2.45, 2.75) is 30.9 Å². The maximum absolute atomic E-state index is 13.2. The molecule has 0 aromatic carbocycles. The molecule has 9 heteroatoms. The highest BCUT2D eigenvalue weighted by Crippen LogP contribution is 2.30. The summed E-state index contributed by atoms with van der Waals surface area (Å²) < 4.78 is 26.5. The van der Waals surface area contributed by atoms with Crippen LogP contribution >= 0.6 is 0 Å². The summed E-state index contributed by atoms with van der Waals surface area (Å²) in [5, 5.41) is 16.1. The molecule has 7 nitrogen and oxygen atoms in total. The van der Waals surface area contributed by atoms with Gasteiger partial charge in [-0.1, -0.05) is 0 Å². The van der Waals surface area contributed by atoms with Crippen molar-refractivity contribution in [2.24, 2.45) is 0 Å². The van der Waals surface area contributed by atoms with Gasteiger partial charge in [-0.15, -0.1) is 0 Å². The van der Waals surface area contributed by atoms with E-state index in [2.05, 4.69) is 10.2 Å². The Bertz CT molecular complexity index is 621. The van der Waals surface area contributed by atoms with E-state index < -0.39 is 23.5 Å². The number of nitrogens with one attached hydrogen (secondary N) is 1. The van der Waals surface area contributed by atoms with Gasteiger partial charge in [0.05, 0.1) is 12.1 Å². The van der Waals surface area contributed by atoms with Crippen LogP contribution in [0.2, 0.25) is 0 Å². The summed E-state index contributed by atoms with van der Waals surface area (Å²) in [6.07, 6.45) is -1.24. The number of carbonyl (C=O) groups is 1. The molecule has 1 aromatic rings. The van der Waals surface area contributed by atoms with Crippen molar-refractivity contribution in [3.05, 3.63) is 28.2 Å². The Kier molecular flexibility index (Phi) is 4.15. The molecule has 0 radical (unpaired) electrons. The largest absolute Gasteiger partial charge is 0.390 e. The van der Waals surface area contributed by atoms with Gasteiger partial charge in [-0.2, -0.15) is 5.10 Å². The number of carbonyl (C=O) groups excluding carboxylic acids is 1. The summed E-state index contributed by atoms with van der Waals surface area (Å²) in [4.78, 5) is 26.6. The lowest BCUT2D eigenvalue weighted by atomic mass is 10.0. The maximum Gasteiger partial charge on any atom is 0.274 e. The van der Waals surface area contributed by atoms with Crippen LogP contribution in [0.25, 0.3) is 0 Å². The van der Waals surface area contributed by atoms with E-state index in [0.29, 0.717) is 0 Å². The second-order valence-corrected chi connectivity index (χ2v) is 6.04. The predicted octanol–water partition coefficient (Wildman–Crippen LogP) is -0.314. The number of amides is 1. The van der Waals surface area contributed by atoms with Crippen molar-refractivity contribution in [3.63, 3.8) is 0 Å². The number of aromatic amines is 1. The fourth-order valence-corrected chi connectivity index (χ4v) is 3.10. The van der Waals surface area contributed by atoms with Crippen molar-refractivity contribution in [1.29, 1.82) is 0 Å². The summed E-state index contributed by atoms with van der Waals surface area (Å²) in [6, 6.07) is 2.18. The number of H-pyrrole nitrogens is 1. The number of aliphatic hydroxyl groups is 1. The highest BCUT2D eigenvalue weighted by molar-refractivity contribution is 5.92. The third kappa shape index (κ3) is 3.40. The molecule has 2 saturated heterocycles. The molecule has 1 amide bonds. The van der Waals surface area contributed by atoms with Gasteiger partial charge in [0.2, 0.25) is 0 Å². The van der Waals surface area contributed by atoms with Crippen LogP contribution in [0.1, 0.15) is 23.3 Å². The van der Waals surface area contributed by atoms with Crippen LogP contribution in [0, 0.1) is 0 Å². The van der Waals surface area contributed by atoms with Gasteiger partial charge in [-0.25, -0.2) is 13.9 Å². The van der Waals surface area contributed by atoms with Crippen LogP contribution in [-0.4, -0.2) is 75.3 Å². The van der Waals surface area contributed by atoms with Crippen molar-refractivity contribution < 1.29 is 18.7 Å². The molecule has 0 bridgehead atoms. The summed E-state index contributed by atoms with van der Waals surface area (Å²) in [5.74, 6) is -3.04. The molecule has 0 spiro atoms. The normalized spacial score (nSPS) is 28.0. The van der Waals surface area contributed by atoms with E-state index in [-0.39, 0.29) is 50.8 Å². The number of likely N-dealkylation sites (tertiary alicyclic amines) is 2. The van der Waals surface area contributed by atoms with Crippen molar-refractivity contribution in [3.8, 4) is 0 Å². The molecule has 3 rings (SSSR count). The zero-order chi connectivity index (χ0) is 16.6. The van der Waals surface area contributed by atoms with Crippen molar-refractivity contribution in [2.75, 3.05) is 26.2 Å². The van der Waals surface area contributed by atoms with E-state index in [4.69, 9.17) is 0 Å². The predicted molar refractivity (Wildman–Crippen MR) is 76.3 cm³/mol. The van der Waals surface area contributed by atoms with Gasteiger partial charge in [-0.05, 0) is 6.07 Å². The summed E-state index contributed by atoms with van der Waals surface area (Å²) >= 11 is 0. The zero-order valence-electron chi connectivity index (χ0n) is 12.4. The number of halogens is 2. The van der Waals surface area contributed by atoms with Gasteiger partial charge < -0.3 is 10.0 Å². The fraction of sp³-hybridized carbons (Fsp3) is 0.643. The number of aliphatic hydroxyl groups excluding tert-OH is 1. The van der Waals surface area contributed by atoms with Crippen molar-refractivity contribution >= 4 is 5.91 Å². The molecule has 0 aliphatic carbocycles. The first kappa shape index (κ1) is 16.0. The zero-order valence-corrected chi connectivity index (χ0v) is 12.4. The summed E-state index contributed by atoms with van der Waals surface area (Å²) in [5.41, 5.74) is -0.322. The van der Waals surface area contributed by atoms with Gasteiger partial charge in [0.15, 0.2) is 0 Å². The molecule has 2 N–H and O–H groups in total. The van der Waals surface area contributed by atoms with Crippen LogP contribution in [0.4, 0.5) is 8.78 Å². The highest BCUT2D eigenvalue weighted by atomic mass is 19.3. The number of piperidine rings is 1. The molecule has 2 aliphatic heterocycles. The topological polar surface area (TPSA) is 89.5 Å². The molecule has 3 heterocycles. The molecule has 0 saturated carbocycles. The quantitative estimate of drug-likeness (QED) is 0.777. The Hall–Kier alpha value is -1.87. The molecular weight excluding hydrogens is 310 g/mol. The van der Waals surface area contributed by atoms with E-state index >= 15 is 0 Å². The number of rotatable bonds is 2. The Morgan fingerprint density at radius 1 is 1.30 bits per heavy atom. The smallest absolute Gasteiger partial charge is 0.274 e. The van der Waals surface area contributed by atoms with E-state index in [0.717, 1.165) is 0 Å². The number of hydrogen-bond donors (Lipinski definition) is 2. The standard InChI is InChI=1S/C14H18F2N4O3/c15-14(16)3-5-19(6-4-14)10-7-20(8-11(10)21)13(23)9-1-2-12(22)18-17-9/h1-2,10-11,21H,3-8H2,(H,18,22)/t10-,11-/m1/s1. The average molecular weight is 328 g/mol. The second kappa shape index (κ2) is 5.97. The number of nitrogens with zero attached hydrogens (tertiary/aromatic N) is 3. The summed E-state index contributed by atoms with van der Waals surface area (Å²) in [7, 11) is 0. The Morgan fingerprint density at radius 3 is 2.61 bits per heavy atom. The third-order valence-electron chi connectivity index (χ3n) is 4.44. The van der Waals surface area contributed by atoms with E-state index in [9.17, 15) is 23.5 Å². The SMILES string of the molecule is O=C(c1ccc(=O)[nH]n1)N1C[C@@H](O)[C@H](N2CCC(F)(F)CC2)C1. The maximum atomic E-state index is 13.2. The average Bonchev–Trinajstić information content (AvgIpc) is 2.89. The van der Waals surface area contributed by atoms with Crippen LogP contribution < -0.4 is 5.56 Å². The molecule has 0 unspecified atom stereocenters. The van der Waals surface area contributed by atoms with E-state index in [1.807, 2.05) is 4.90 Å². The van der Waals surface area contributed by atoms with E-state index in [1.165, 1.54) is 17.0 Å². The Morgan fingerprint density at radius 2 is 2.00 bits per heavy atom. The third-order valence-corrected chi connectivity index (χ3v) is 4.44. The molecule has 2 aliphatic rings. The molecule has 2 atom stereocenters. The van der Waals surface area contributed by atoms with Crippen LogP contribution in [0.15, 0.2) is 16.9 Å². The van der Waals surface area contributed by atoms with Gasteiger partial charge in [0.25, 0.3) is 17.4 Å². The van der Waals surface area contributed by atoms with Gasteiger partial charge in [-0.3, -0.25) is 14.5 Å².